The normalized spacial score (nSPS) is 13.4. The summed E-state index contributed by atoms with van der Waals surface area (Å²) in [4.78, 5) is 42.5. The molecule has 1 heterocycles. The average molecular weight is 452 g/mol. The van der Waals surface area contributed by atoms with Crippen LogP contribution < -0.4 is 10.8 Å². The number of aryl methyl sites for hydroxylation is 2. The predicted molar refractivity (Wildman–Crippen MR) is 126 cm³/mol. The molecule has 1 saturated heterocycles. The van der Waals surface area contributed by atoms with Gasteiger partial charge in [-0.05, 0) is 42.4 Å². The fourth-order valence-electron chi connectivity index (χ4n) is 3.79. The van der Waals surface area contributed by atoms with Crippen molar-refractivity contribution in [3.8, 4) is 0 Å². The first-order chi connectivity index (χ1) is 16.1. The molecule has 1 fully saturated rings. The number of carbonyl (C=O) groups excluding carboxylic acids is 3. The van der Waals surface area contributed by atoms with E-state index in [1.807, 2.05) is 30.3 Å². The van der Waals surface area contributed by atoms with E-state index in [0.29, 0.717) is 13.1 Å². The second kappa shape index (κ2) is 13.4. The fourth-order valence-corrected chi connectivity index (χ4v) is 3.79. The van der Waals surface area contributed by atoms with Gasteiger partial charge in [0.15, 0.2) is 0 Å². The van der Waals surface area contributed by atoms with E-state index in [9.17, 15) is 14.4 Å². The van der Waals surface area contributed by atoms with Crippen LogP contribution in [0.25, 0.3) is 0 Å². The van der Waals surface area contributed by atoms with Crippen LogP contribution >= 0.6 is 0 Å². The number of amides is 2. The molecule has 2 amide bonds. The van der Waals surface area contributed by atoms with Crippen molar-refractivity contribution in [3.05, 3.63) is 71.3 Å². The zero-order chi connectivity index (χ0) is 23.3. The maximum atomic E-state index is 12.1. The summed E-state index contributed by atoms with van der Waals surface area (Å²) in [6, 6.07) is 18.4. The van der Waals surface area contributed by atoms with Gasteiger partial charge in [-0.25, -0.2) is 4.79 Å². The van der Waals surface area contributed by atoms with Crippen molar-refractivity contribution in [1.82, 2.24) is 15.7 Å². The summed E-state index contributed by atoms with van der Waals surface area (Å²) in [5, 5.41) is 3.17. The second-order valence-electron chi connectivity index (χ2n) is 8.32. The van der Waals surface area contributed by atoms with E-state index in [-0.39, 0.29) is 25.2 Å². The van der Waals surface area contributed by atoms with E-state index < -0.39 is 11.9 Å². The second-order valence-corrected chi connectivity index (χ2v) is 8.32. The van der Waals surface area contributed by atoms with Crippen molar-refractivity contribution in [2.24, 2.45) is 0 Å². The first-order valence-electron chi connectivity index (χ1n) is 11.7. The maximum absolute atomic E-state index is 12.1. The summed E-state index contributed by atoms with van der Waals surface area (Å²) < 4.78 is 0. The highest BCUT2D eigenvalue weighted by atomic mass is 16.7. The van der Waals surface area contributed by atoms with Gasteiger partial charge in [0.25, 0.3) is 5.91 Å². The fraction of sp³-hybridized carbons (Fsp3) is 0.423. The third kappa shape index (κ3) is 9.06. The van der Waals surface area contributed by atoms with Gasteiger partial charge in [0.2, 0.25) is 5.91 Å². The predicted octanol–water partition coefficient (Wildman–Crippen LogP) is 2.58. The highest BCUT2D eigenvalue weighted by molar-refractivity contribution is 5.83. The Morgan fingerprint density at radius 2 is 1.42 bits per heavy atom. The monoisotopic (exact) mass is 451 g/mol. The minimum atomic E-state index is -0.613. The molecule has 7 heteroatoms. The molecule has 2 aromatic rings. The molecule has 2 aromatic carbocycles. The van der Waals surface area contributed by atoms with Crippen LogP contribution in [0.3, 0.4) is 0 Å². The Labute approximate surface area is 195 Å². The summed E-state index contributed by atoms with van der Waals surface area (Å²) in [7, 11) is 0. The molecule has 0 unspecified atom stereocenters. The molecule has 0 spiro atoms. The Hall–Kier alpha value is -3.19. The van der Waals surface area contributed by atoms with E-state index >= 15 is 0 Å². The average Bonchev–Trinajstić information content (AvgIpc) is 2.86. The number of hydrogen-bond donors (Lipinski definition) is 2. The number of hydroxylamine groups is 1. The number of benzene rings is 2. The topological polar surface area (TPSA) is 87.7 Å². The zero-order valence-corrected chi connectivity index (χ0v) is 19.1. The number of unbranched alkanes of at least 4 members (excludes halogenated alkanes) is 1. The van der Waals surface area contributed by atoms with Crippen LogP contribution in [0.15, 0.2) is 54.6 Å². The molecule has 0 aromatic heterocycles. The molecule has 33 heavy (non-hydrogen) atoms. The number of hydrogen-bond acceptors (Lipinski definition) is 5. The first-order valence-corrected chi connectivity index (χ1v) is 11.7. The van der Waals surface area contributed by atoms with Crippen LogP contribution in [0, 0.1) is 0 Å². The number of carbonyl (C=O) groups is 3. The van der Waals surface area contributed by atoms with E-state index in [4.69, 9.17) is 4.84 Å². The van der Waals surface area contributed by atoms with Gasteiger partial charge in [-0.15, -0.1) is 0 Å². The molecule has 2 N–H and O–H groups in total. The molecular formula is C26H33N3O4. The lowest BCUT2D eigenvalue weighted by molar-refractivity contribution is -0.159. The molecule has 0 aliphatic carbocycles. The SMILES string of the molecule is O=C(Cc1ccc(CCCCc2ccccc2)cc1)NOC(=O)CCC(=O)N1CCNCC1. The van der Waals surface area contributed by atoms with Crippen LogP contribution in [0.2, 0.25) is 0 Å². The van der Waals surface area contributed by atoms with Crippen LogP contribution in [0.1, 0.15) is 42.4 Å². The van der Waals surface area contributed by atoms with Crippen LogP contribution in [-0.4, -0.2) is 48.9 Å². The Morgan fingerprint density at radius 3 is 2.09 bits per heavy atom. The van der Waals surface area contributed by atoms with Crippen molar-refractivity contribution >= 4 is 17.8 Å². The number of rotatable bonds is 10. The lowest BCUT2D eigenvalue weighted by atomic mass is 10.0. The molecule has 0 bridgehead atoms. The van der Waals surface area contributed by atoms with Crippen molar-refractivity contribution in [3.63, 3.8) is 0 Å². The Bertz CT molecular complexity index is 894. The standard InChI is InChI=1S/C26H33N3O4/c30-24(28-33-26(32)15-14-25(31)29-18-16-27-17-19-29)20-23-12-10-22(11-13-23)9-5-4-8-21-6-2-1-3-7-21/h1-3,6-7,10-13,27H,4-5,8-9,14-20H2,(H,28,30). The first kappa shape index (κ1) is 24.5. The molecular weight excluding hydrogens is 418 g/mol. The molecule has 0 saturated carbocycles. The van der Waals surface area contributed by atoms with Crippen molar-refractivity contribution in [2.45, 2.75) is 44.9 Å². The van der Waals surface area contributed by atoms with Gasteiger partial charge in [-0.2, -0.15) is 5.48 Å². The summed E-state index contributed by atoms with van der Waals surface area (Å²) in [5.41, 5.74) is 5.64. The Morgan fingerprint density at radius 1 is 0.818 bits per heavy atom. The van der Waals surface area contributed by atoms with Gasteiger partial charge in [0, 0.05) is 32.6 Å². The number of piperazine rings is 1. The molecule has 1 aliphatic rings. The maximum Gasteiger partial charge on any atom is 0.332 e. The summed E-state index contributed by atoms with van der Waals surface area (Å²) in [6.45, 7) is 2.83. The minimum absolute atomic E-state index is 0.0536. The summed E-state index contributed by atoms with van der Waals surface area (Å²) in [6.07, 6.45) is 4.50. The van der Waals surface area contributed by atoms with E-state index in [1.165, 1.54) is 11.1 Å². The van der Waals surface area contributed by atoms with Gasteiger partial charge in [0.05, 0.1) is 12.8 Å². The lowest BCUT2D eigenvalue weighted by Crippen LogP contribution is -2.46. The van der Waals surface area contributed by atoms with Crippen molar-refractivity contribution in [1.29, 1.82) is 0 Å². The lowest BCUT2D eigenvalue weighted by Gasteiger charge is -2.27. The number of nitrogens with zero attached hydrogens (tertiary/aromatic N) is 1. The van der Waals surface area contributed by atoms with Crippen molar-refractivity contribution < 1.29 is 19.2 Å². The molecule has 1 aliphatic heterocycles. The summed E-state index contributed by atoms with van der Waals surface area (Å²) >= 11 is 0. The Balaban J connectivity index is 1.28. The quantitative estimate of drug-likeness (QED) is 0.428. The van der Waals surface area contributed by atoms with Gasteiger partial charge >= 0.3 is 5.97 Å². The van der Waals surface area contributed by atoms with Gasteiger partial charge < -0.3 is 15.1 Å². The molecule has 7 nitrogen and oxygen atoms in total. The van der Waals surface area contributed by atoms with Gasteiger partial charge in [-0.3, -0.25) is 9.59 Å². The Kier molecular flexibility index (Phi) is 9.91. The molecule has 176 valence electrons. The molecule has 0 atom stereocenters. The molecule has 3 rings (SSSR count). The minimum Gasteiger partial charge on any atom is -0.341 e. The smallest absolute Gasteiger partial charge is 0.332 e. The highest BCUT2D eigenvalue weighted by Gasteiger charge is 2.18. The largest absolute Gasteiger partial charge is 0.341 e. The van der Waals surface area contributed by atoms with E-state index in [0.717, 1.165) is 44.3 Å². The van der Waals surface area contributed by atoms with Crippen LogP contribution in [-0.2, 0) is 38.5 Å². The highest BCUT2D eigenvalue weighted by Crippen LogP contribution is 2.11. The van der Waals surface area contributed by atoms with Crippen molar-refractivity contribution in [2.75, 3.05) is 26.2 Å². The third-order valence-corrected chi connectivity index (χ3v) is 5.70. The van der Waals surface area contributed by atoms with Gasteiger partial charge in [0.1, 0.15) is 0 Å². The zero-order valence-electron chi connectivity index (χ0n) is 19.1. The van der Waals surface area contributed by atoms with E-state index in [1.54, 1.807) is 4.90 Å². The third-order valence-electron chi connectivity index (χ3n) is 5.70. The number of nitrogens with one attached hydrogen (secondary N) is 2. The van der Waals surface area contributed by atoms with Crippen LogP contribution in [0.5, 0.6) is 0 Å². The summed E-state index contributed by atoms with van der Waals surface area (Å²) in [5.74, 6) is -1.08. The molecule has 0 radical (unpaired) electrons. The van der Waals surface area contributed by atoms with Crippen LogP contribution in [0.4, 0.5) is 0 Å². The van der Waals surface area contributed by atoms with E-state index in [2.05, 4.69) is 35.1 Å². The van der Waals surface area contributed by atoms with Gasteiger partial charge in [-0.1, -0.05) is 54.6 Å².